The third-order valence-corrected chi connectivity index (χ3v) is 3.89. The highest BCUT2D eigenvalue weighted by Gasteiger charge is 2.15. The minimum Gasteiger partial charge on any atom is -0.354 e. The first-order valence-corrected chi connectivity index (χ1v) is 8.04. The van der Waals surface area contributed by atoms with E-state index in [9.17, 15) is 9.18 Å². The van der Waals surface area contributed by atoms with Gasteiger partial charge in [-0.05, 0) is 30.2 Å². The lowest BCUT2D eigenvalue weighted by Crippen LogP contribution is -2.23. The van der Waals surface area contributed by atoms with E-state index in [0.717, 1.165) is 11.1 Å². The number of nitrogens with zero attached hydrogens (tertiary/aromatic N) is 1. The molecular weight excluding hydrogens is 317 g/mol. The van der Waals surface area contributed by atoms with Crippen molar-refractivity contribution in [2.75, 3.05) is 5.32 Å². The van der Waals surface area contributed by atoms with Crippen LogP contribution in [-0.2, 0) is 13.6 Å². The molecular formula is C20H20FN3O. The number of carbonyl (C=O) groups excluding carboxylic acids is 1. The molecule has 0 unspecified atom stereocenters. The molecule has 25 heavy (non-hydrogen) atoms. The van der Waals surface area contributed by atoms with E-state index in [1.54, 1.807) is 23.0 Å². The molecule has 3 aromatic rings. The second-order valence-electron chi connectivity index (χ2n) is 6.03. The van der Waals surface area contributed by atoms with E-state index in [-0.39, 0.29) is 11.7 Å². The lowest BCUT2D eigenvalue weighted by molar-refractivity contribution is 0.0951. The number of nitrogens with one attached hydrogen (secondary N) is 2. The molecule has 1 aromatic heterocycles. The number of aromatic nitrogens is 1. The molecule has 0 aliphatic heterocycles. The standard InChI is InChI=1S/C20H20FN3O/c1-14-8-9-18(17(21)10-14)23-19-13-24(2)12-16(19)20(25)22-11-15-6-4-3-5-7-15/h3-10,12-13,23H,11H2,1-2H3,(H,22,25). The normalized spacial score (nSPS) is 10.5. The fourth-order valence-electron chi connectivity index (χ4n) is 2.60. The molecule has 5 heteroatoms. The van der Waals surface area contributed by atoms with Crippen molar-refractivity contribution in [2.45, 2.75) is 13.5 Å². The molecule has 0 spiro atoms. The van der Waals surface area contributed by atoms with Crippen LogP contribution in [0.1, 0.15) is 21.5 Å². The van der Waals surface area contributed by atoms with Gasteiger partial charge < -0.3 is 15.2 Å². The topological polar surface area (TPSA) is 46.1 Å². The maximum atomic E-state index is 14.1. The zero-order valence-corrected chi connectivity index (χ0v) is 14.2. The van der Waals surface area contributed by atoms with E-state index in [1.165, 1.54) is 6.07 Å². The van der Waals surface area contributed by atoms with Gasteiger partial charge in [-0.25, -0.2) is 4.39 Å². The van der Waals surface area contributed by atoms with E-state index < -0.39 is 0 Å². The van der Waals surface area contributed by atoms with E-state index in [1.807, 2.05) is 50.4 Å². The molecule has 0 atom stereocenters. The molecule has 0 aliphatic carbocycles. The maximum Gasteiger partial charge on any atom is 0.255 e. The van der Waals surface area contributed by atoms with Crippen molar-refractivity contribution in [3.63, 3.8) is 0 Å². The Morgan fingerprint density at radius 1 is 1.08 bits per heavy atom. The Morgan fingerprint density at radius 3 is 2.56 bits per heavy atom. The molecule has 0 bridgehead atoms. The molecule has 0 saturated heterocycles. The van der Waals surface area contributed by atoms with Crippen LogP contribution >= 0.6 is 0 Å². The number of amides is 1. The molecule has 3 rings (SSSR count). The molecule has 2 N–H and O–H groups in total. The van der Waals surface area contributed by atoms with Crippen molar-refractivity contribution in [1.82, 2.24) is 9.88 Å². The number of hydrogen-bond acceptors (Lipinski definition) is 2. The maximum absolute atomic E-state index is 14.1. The van der Waals surface area contributed by atoms with E-state index in [0.29, 0.717) is 23.5 Å². The van der Waals surface area contributed by atoms with Gasteiger partial charge in [-0.15, -0.1) is 0 Å². The monoisotopic (exact) mass is 337 g/mol. The quantitative estimate of drug-likeness (QED) is 0.735. The number of anilines is 2. The lowest BCUT2D eigenvalue weighted by Gasteiger charge is -2.10. The Morgan fingerprint density at radius 2 is 1.84 bits per heavy atom. The fraction of sp³-hybridized carbons (Fsp3) is 0.150. The molecule has 1 heterocycles. The summed E-state index contributed by atoms with van der Waals surface area (Å²) in [5.41, 5.74) is 3.24. The smallest absolute Gasteiger partial charge is 0.255 e. The van der Waals surface area contributed by atoms with Crippen LogP contribution in [0.25, 0.3) is 0 Å². The molecule has 0 aliphatic rings. The van der Waals surface area contributed by atoms with Crippen LogP contribution in [0, 0.1) is 12.7 Å². The van der Waals surface area contributed by atoms with Gasteiger partial charge in [0.05, 0.1) is 16.9 Å². The molecule has 4 nitrogen and oxygen atoms in total. The number of benzene rings is 2. The van der Waals surface area contributed by atoms with E-state index >= 15 is 0 Å². The van der Waals surface area contributed by atoms with Crippen LogP contribution in [0.15, 0.2) is 60.9 Å². The Balaban J connectivity index is 1.77. The van der Waals surface area contributed by atoms with Gasteiger partial charge in [-0.1, -0.05) is 36.4 Å². The second-order valence-corrected chi connectivity index (χ2v) is 6.03. The van der Waals surface area contributed by atoms with Crippen molar-refractivity contribution >= 4 is 17.3 Å². The summed E-state index contributed by atoms with van der Waals surface area (Å²) < 4.78 is 15.8. The first kappa shape index (κ1) is 16.8. The highest BCUT2D eigenvalue weighted by molar-refractivity contribution is 6.00. The average Bonchev–Trinajstić information content (AvgIpc) is 2.97. The summed E-state index contributed by atoms with van der Waals surface area (Å²) in [4.78, 5) is 12.5. The predicted molar refractivity (Wildman–Crippen MR) is 97.4 cm³/mol. The summed E-state index contributed by atoms with van der Waals surface area (Å²) in [6.07, 6.45) is 3.48. The number of hydrogen-bond donors (Lipinski definition) is 2. The number of halogens is 1. The summed E-state index contributed by atoms with van der Waals surface area (Å²) in [5, 5.41) is 5.90. The molecule has 0 saturated carbocycles. The highest BCUT2D eigenvalue weighted by Crippen LogP contribution is 2.24. The van der Waals surface area contributed by atoms with Crippen LogP contribution in [0.3, 0.4) is 0 Å². The zero-order chi connectivity index (χ0) is 17.8. The van der Waals surface area contributed by atoms with Gasteiger partial charge in [-0.2, -0.15) is 0 Å². The van der Waals surface area contributed by atoms with Gasteiger partial charge in [0.1, 0.15) is 5.82 Å². The van der Waals surface area contributed by atoms with Gasteiger partial charge >= 0.3 is 0 Å². The largest absolute Gasteiger partial charge is 0.354 e. The highest BCUT2D eigenvalue weighted by atomic mass is 19.1. The Labute approximate surface area is 146 Å². The number of carbonyl (C=O) groups is 1. The van der Waals surface area contributed by atoms with E-state index in [4.69, 9.17) is 0 Å². The zero-order valence-electron chi connectivity index (χ0n) is 14.2. The average molecular weight is 337 g/mol. The van der Waals surface area contributed by atoms with Gasteiger partial charge in [0, 0.05) is 26.0 Å². The van der Waals surface area contributed by atoms with E-state index in [2.05, 4.69) is 10.6 Å². The first-order valence-electron chi connectivity index (χ1n) is 8.04. The minimum atomic E-state index is -0.348. The molecule has 0 radical (unpaired) electrons. The number of aryl methyl sites for hydroxylation is 2. The van der Waals surface area contributed by atoms with Gasteiger partial charge in [0.25, 0.3) is 5.91 Å². The SMILES string of the molecule is Cc1ccc(Nc2cn(C)cc2C(=O)NCc2ccccc2)c(F)c1. The van der Waals surface area contributed by atoms with Crippen molar-refractivity contribution in [3.8, 4) is 0 Å². The Bertz CT molecular complexity index is 887. The summed E-state index contributed by atoms with van der Waals surface area (Å²) in [5.74, 6) is -0.557. The van der Waals surface area contributed by atoms with Gasteiger partial charge in [-0.3, -0.25) is 4.79 Å². The van der Waals surface area contributed by atoms with Crippen LogP contribution in [0.4, 0.5) is 15.8 Å². The van der Waals surface area contributed by atoms with Crippen molar-refractivity contribution in [3.05, 3.63) is 83.4 Å². The van der Waals surface area contributed by atoms with Crippen LogP contribution in [0.2, 0.25) is 0 Å². The molecule has 0 fully saturated rings. The summed E-state index contributed by atoms with van der Waals surface area (Å²) in [6, 6.07) is 14.6. The fourth-order valence-corrected chi connectivity index (χ4v) is 2.60. The first-order chi connectivity index (χ1) is 12.0. The number of rotatable bonds is 5. The van der Waals surface area contributed by atoms with Crippen molar-refractivity contribution in [1.29, 1.82) is 0 Å². The molecule has 1 amide bonds. The van der Waals surface area contributed by atoms with Crippen LogP contribution in [-0.4, -0.2) is 10.5 Å². The summed E-state index contributed by atoms with van der Waals surface area (Å²) in [7, 11) is 1.82. The minimum absolute atomic E-state index is 0.209. The second kappa shape index (κ2) is 7.21. The third-order valence-electron chi connectivity index (χ3n) is 3.89. The Kier molecular flexibility index (Phi) is 4.84. The van der Waals surface area contributed by atoms with Crippen LogP contribution < -0.4 is 10.6 Å². The Hall–Kier alpha value is -3.08. The van der Waals surface area contributed by atoms with Gasteiger partial charge in [0.15, 0.2) is 0 Å². The molecule has 2 aromatic carbocycles. The lowest BCUT2D eigenvalue weighted by atomic mass is 10.2. The summed E-state index contributed by atoms with van der Waals surface area (Å²) in [6.45, 7) is 2.27. The van der Waals surface area contributed by atoms with Crippen LogP contribution in [0.5, 0.6) is 0 Å². The molecule has 128 valence electrons. The van der Waals surface area contributed by atoms with Crippen molar-refractivity contribution < 1.29 is 9.18 Å². The van der Waals surface area contributed by atoms with Gasteiger partial charge in [0.2, 0.25) is 0 Å². The predicted octanol–water partition coefficient (Wildman–Crippen LogP) is 4.15. The third kappa shape index (κ3) is 4.07. The summed E-state index contributed by atoms with van der Waals surface area (Å²) >= 11 is 0. The van der Waals surface area contributed by atoms with Crippen molar-refractivity contribution in [2.24, 2.45) is 7.05 Å².